The molecule has 2 N–H and O–H groups in total. The second-order valence-corrected chi connectivity index (χ2v) is 2.59. The molecule has 0 bridgehead atoms. The fourth-order valence-corrected chi connectivity index (χ4v) is 1.05. The number of hydrogen-bond acceptors (Lipinski definition) is 2. The Bertz CT molecular complexity index is 263. The van der Waals surface area contributed by atoms with Gasteiger partial charge < -0.3 is 0 Å². The summed E-state index contributed by atoms with van der Waals surface area (Å²) in [6.45, 7) is 2.14. The largest absolute Gasteiger partial charge is 0.300 e. The van der Waals surface area contributed by atoms with Crippen molar-refractivity contribution in [3.05, 3.63) is 35.1 Å². The van der Waals surface area contributed by atoms with Gasteiger partial charge in [-0.3, -0.25) is 4.84 Å². The molecule has 66 valence electrons. The van der Waals surface area contributed by atoms with Crippen molar-refractivity contribution in [2.75, 3.05) is 0 Å². The van der Waals surface area contributed by atoms with Crippen LogP contribution < -0.4 is 5.90 Å². The monoisotopic (exact) mass is 169 g/mol. The van der Waals surface area contributed by atoms with Crippen LogP contribution in [0.15, 0.2) is 18.2 Å². The van der Waals surface area contributed by atoms with Crippen molar-refractivity contribution < 1.29 is 9.23 Å². The smallest absolute Gasteiger partial charge is 0.128 e. The third-order valence-corrected chi connectivity index (χ3v) is 1.76. The maximum Gasteiger partial charge on any atom is 0.128 e. The van der Waals surface area contributed by atoms with Gasteiger partial charge in [-0.05, 0) is 18.1 Å². The quantitative estimate of drug-likeness (QED) is 0.700. The molecule has 2 nitrogen and oxygen atoms in total. The van der Waals surface area contributed by atoms with E-state index in [4.69, 9.17) is 5.90 Å². The Balaban J connectivity index is 2.91. The molecule has 12 heavy (non-hydrogen) atoms. The predicted molar refractivity (Wildman–Crippen MR) is 44.8 cm³/mol. The number of rotatable bonds is 3. The summed E-state index contributed by atoms with van der Waals surface area (Å²) in [4.78, 5) is 4.37. The minimum atomic E-state index is -0.266. The number of hydrogen-bond donors (Lipinski definition) is 1. The fraction of sp³-hybridized carbons (Fsp3) is 0.333. The summed E-state index contributed by atoms with van der Waals surface area (Å²) in [6.07, 6.45) is 0.887. The normalized spacial score (nSPS) is 10.2. The Hall–Kier alpha value is -0.930. The van der Waals surface area contributed by atoms with E-state index < -0.39 is 0 Å². The van der Waals surface area contributed by atoms with E-state index in [1.807, 2.05) is 6.92 Å². The lowest BCUT2D eigenvalue weighted by molar-refractivity contribution is 0.121. The first-order valence-corrected chi connectivity index (χ1v) is 3.87. The van der Waals surface area contributed by atoms with E-state index in [1.54, 1.807) is 12.1 Å². The Kier molecular flexibility index (Phi) is 3.19. The molecule has 1 aromatic carbocycles. The molecular formula is C9H12FNO. The van der Waals surface area contributed by atoms with E-state index in [-0.39, 0.29) is 12.4 Å². The second kappa shape index (κ2) is 4.18. The summed E-state index contributed by atoms with van der Waals surface area (Å²) in [5.74, 6) is 4.59. The van der Waals surface area contributed by atoms with Crippen molar-refractivity contribution >= 4 is 0 Å². The lowest BCUT2D eigenvalue weighted by atomic mass is 10.1. The van der Waals surface area contributed by atoms with E-state index in [9.17, 15) is 4.39 Å². The van der Waals surface area contributed by atoms with E-state index in [2.05, 4.69) is 4.84 Å². The van der Waals surface area contributed by atoms with Gasteiger partial charge in [-0.1, -0.05) is 19.1 Å². The van der Waals surface area contributed by atoms with Crippen LogP contribution in [0.1, 0.15) is 18.1 Å². The molecule has 1 rings (SSSR count). The number of benzene rings is 1. The molecule has 0 spiro atoms. The van der Waals surface area contributed by atoms with Gasteiger partial charge in [0.25, 0.3) is 0 Å². The molecule has 0 aliphatic heterocycles. The molecule has 0 heterocycles. The highest BCUT2D eigenvalue weighted by atomic mass is 19.1. The van der Waals surface area contributed by atoms with Gasteiger partial charge in [0.2, 0.25) is 0 Å². The van der Waals surface area contributed by atoms with Crippen LogP contribution in [0.25, 0.3) is 0 Å². The molecule has 0 fully saturated rings. The molecule has 0 aliphatic rings. The van der Waals surface area contributed by atoms with Gasteiger partial charge in [0, 0.05) is 5.56 Å². The van der Waals surface area contributed by atoms with Gasteiger partial charge >= 0.3 is 0 Å². The van der Waals surface area contributed by atoms with Crippen molar-refractivity contribution in [2.24, 2.45) is 5.90 Å². The third kappa shape index (κ3) is 2.03. The average Bonchev–Trinajstić information content (AvgIpc) is 2.09. The number of halogens is 1. The molecule has 0 unspecified atom stereocenters. The fourth-order valence-electron chi connectivity index (χ4n) is 1.05. The van der Waals surface area contributed by atoms with Crippen molar-refractivity contribution in [3.8, 4) is 0 Å². The Labute approximate surface area is 71.1 Å². The maximum absolute atomic E-state index is 13.0. The van der Waals surface area contributed by atoms with Gasteiger partial charge in [0.05, 0.1) is 6.61 Å². The minimum Gasteiger partial charge on any atom is -0.300 e. The highest BCUT2D eigenvalue weighted by molar-refractivity contribution is 5.24. The van der Waals surface area contributed by atoms with Crippen molar-refractivity contribution in [3.63, 3.8) is 0 Å². The van der Waals surface area contributed by atoms with E-state index in [0.29, 0.717) is 5.56 Å². The summed E-state index contributed by atoms with van der Waals surface area (Å²) >= 11 is 0. The van der Waals surface area contributed by atoms with E-state index >= 15 is 0 Å². The third-order valence-electron chi connectivity index (χ3n) is 1.76. The van der Waals surface area contributed by atoms with E-state index in [0.717, 1.165) is 12.0 Å². The van der Waals surface area contributed by atoms with Crippen LogP contribution >= 0.6 is 0 Å². The van der Waals surface area contributed by atoms with Crippen LogP contribution in [-0.2, 0) is 17.9 Å². The van der Waals surface area contributed by atoms with Gasteiger partial charge in [0.1, 0.15) is 5.82 Å². The molecule has 0 saturated carbocycles. The molecule has 3 heteroatoms. The summed E-state index contributed by atoms with van der Waals surface area (Å²) in [7, 11) is 0. The van der Waals surface area contributed by atoms with Gasteiger partial charge in [-0.15, -0.1) is 0 Å². The molecule has 0 aliphatic carbocycles. The Morgan fingerprint density at radius 2 is 2.25 bits per heavy atom. The first-order valence-electron chi connectivity index (χ1n) is 3.87. The zero-order chi connectivity index (χ0) is 8.97. The zero-order valence-electron chi connectivity index (χ0n) is 7.01. The molecule has 0 aromatic heterocycles. The van der Waals surface area contributed by atoms with Crippen LogP contribution in [0.2, 0.25) is 0 Å². The predicted octanol–water partition coefficient (Wildman–Crippen LogP) is 1.78. The zero-order valence-corrected chi connectivity index (χ0v) is 7.01. The maximum atomic E-state index is 13.0. The summed E-state index contributed by atoms with van der Waals surface area (Å²) in [6, 6.07) is 4.96. The van der Waals surface area contributed by atoms with Gasteiger partial charge in [-0.25, -0.2) is 10.3 Å². The average molecular weight is 169 g/mol. The first-order chi connectivity index (χ1) is 5.77. The van der Waals surface area contributed by atoms with Gasteiger partial charge in [-0.2, -0.15) is 0 Å². The molecule has 0 atom stereocenters. The Morgan fingerprint density at radius 3 is 2.83 bits per heavy atom. The van der Waals surface area contributed by atoms with Gasteiger partial charge in [0.15, 0.2) is 0 Å². The summed E-state index contributed by atoms with van der Waals surface area (Å²) < 4.78 is 13.0. The SMILES string of the molecule is CCc1ccc(F)c(CON)c1. The van der Waals surface area contributed by atoms with Crippen LogP contribution in [0.4, 0.5) is 4.39 Å². The van der Waals surface area contributed by atoms with Crippen molar-refractivity contribution in [1.82, 2.24) is 0 Å². The Morgan fingerprint density at radius 1 is 1.50 bits per heavy atom. The molecule has 0 saturated heterocycles. The lowest BCUT2D eigenvalue weighted by Gasteiger charge is -2.03. The number of nitrogens with two attached hydrogens (primary N) is 1. The first kappa shape index (κ1) is 9.16. The van der Waals surface area contributed by atoms with E-state index in [1.165, 1.54) is 6.07 Å². The van der Waals surface area contributed by atoms with Crippen LogP contribution in [0.5, 0.6) is 0 Å². The topological polar surface area (TPSA) is 35.2 Å². The molecule has 0 amide bonds. The second-order valence-electron chi connectivity index (χ2n) is 2.59. The van der Waals surface area contributed by atoms with Crippen molar-refractivity contribution in [1.29, 1.82) is 0 Å². The highest BCUT2D eigenvalue weighted by Crippen LogP contribution is 2.11. The molecular weight excluding hydrogens is 157 g/mol. The summed E-state index contributed by atoms with van der Waals surface area (Å²) in [5.41, 5.74) is 1.60. The highest BCUT2D eigenvalue weighted by Gasteiger charge is 2.01. The molecule has 1 aromatic rings. The minimum absolute atomic E-state index is 0.125. The number of aryl methyl sites for hydroxylation is 1. The standard InChI is InChI=1S/C9H12FNO/c1-2-7-3-4-9(10)8(5-7)6-12-11/h3-5H,2,6,11H2,1H3. The van der Waals surface area contributed by atoms with Crippen LogP contribution in [0.3, 0.4) is 0 Å². The van der Waals surface area contributed by atoms with Crippen LogP contribution in [0, 0.1) is 5.82 Å². The van der Waals surface area contributed by atoms with Crippen molar-refractivity contribution in [2.45, 2.75) is 20.0 Å². The molecule has 0 radical (unpaired) electrons. The lowest BCUT2D eigenvalue weighted by Crippen LogP contribution is -2.01. The van der Waals surface area contributed by atoms with Crippen LogP contribution in [-0.4, -0.2) is 0 Å². The summed E-state index contributed by atoms with van der Waals surface area (Å²) in [5, 5.41) is 0.